The largest absolute Gasteiger partial charge is 0.494 e. The Morgan fingerprint density at radius 3 is 2.95 bits per heavy atom. The van der Waals surface area contributed by atoms with Gasteiger partial charge in [-0.2, -0.15) is 0 Å². The van der Waals surface area contributed by atoms with Gasteiger partial charge in [-0.05, 0) is 29.8 Å². The molecule has 0 aliphatic heterocycles. The van der Waals surface area contributed by atoms with E-state index < -0.39 is 0 Å². The Labute approximate surface area is 120 Å². The van der Waals surface area contributed by atoms with Gasteiger partial charge in [-0.25, -0.2) is 9.97 Å². The van der Waals surface area contributed by atoms with Gasteiger partial charge >= 0.3 is 0 Å². The summed E-state index contributed by atoms with van der Waals surface area (Å²) in [5.74, 6) is 1.33. The Balaban J connectivity index is 2.01. The van der Waals surface area contributed by atoms with Crippen LogP contribution in [0, 0.1) is 0 Å². The number of nitrogens with one attached hydrogen (secondary N) is 1. The van der Waals surface area contributed by atoms with Crippen LogP contribution in [0.25, 0.3) is 10.9 Å². The Hall–Kier alpha value is -2.27. The number of aromatic nitrogens is 2. The molecule has 5 nitrogen and oxygen atoms in total. The molecule has 0 aliphatic rings. The summed E-state index contributed by atoms with van der Waals surface area (Å²) < 4.78 is 10.3. The van der Waals surface area contributed by atoms with Crippen LogP contribution in [0.1, 0.15) is 5.56 Å². The van der Waals surface area contributed by atoms with Crippen LogP contribution >= 0.6 is 11.6 Å². The van der Waals surface area contributed by atoms with E-state index in [1.54, 1.807) is 19.6 Å². The van der Waals surface area contributed by atoms with Crippen LogP contribution in [0.2, 0.25) is 5.28 Å². The summed E-state index contributed by atoms with van der Waals surface area (Å²) >= 11 is 5.98. The fourth-order valence-corrected chi connectivity index (χ4v) is 2.15. The molecular weight excluding hydrogens is 278 g/mol. The topological polar surface area (TPSA) is 60.2 Å². The van der Waals surface area contributed by atoms with Crippen LogP contribution in [0.3, 0.4) is 0 Å². The van der Waals surface area contributed by atoms with E-state index in [-0.39, 0.29) is 5.28 Å². The first-order chi connectivity index (χ1) is 9.78. The van der Waals surface area contributed by atoms with Crippen molar-refractivity contribution in [2.75, 3.05) is 12.4 Å². The molecule has 0 aliphatic carbocycles. The second kappa shape index (κ2) is 5.38. The van der Waals surface area contributed by atoms with Gasteiger partial charge in [-0.1, -0.05) is 6.07 Å². The number of para-hydroxylation sites is 1. The number of hydrogen-bond donors (Lipinski definition) is 1. The molecule has 0 amide bonds. The van der Waals surface area contributed by atoms with Crippen LogP contribution in [-0.2, 0) is 6.54 Å². The molecule has 6 heteroatoms. The van der Waals surface area contributed by atoms with Crippen molar-refractivity contribution in [2.24, 2.45) is 0 Å². The number of anilines is 1. The zero-order valence-electron chi connectivity index (χ0n) is 10.8. The average molecular weight is 290 g/mol. The van der Waals surface area contributed by atoms with Crippen LogP contribution < -0.4 is 10.1 Å². The standard InChI is InChI=1S/C14H12ClN3O2/c1-19-11-4-2-3-10-12(11)17-14(15)18-13(10)16-7-9-5-6-20-8-9/h2-6,8H,7H2,1H3,(H,16,17,18). The number of methoxy groups -OCH3 is 1. The SMILES string of the molecule is COc1cccc2c(NCc3ccoc3)nc(Cl)nc12. The van der Waals surface area contributed by atoms with Crippen molar-refractivity contribution < 1.29 is 9.15 Å². The van der Waals surface area contributed by atoms with E-state index in [9.17, 15) is 0 Å². The second-order valence-corrected chi connectivity index (χ2v) is 4.52. The maximum absolute atomic E-state index is 5.98. The van der Waals surface area contributed by atoms with Gasteiger partial charge in [0.15, 0.2) is 0 Å². The summed E-state index contributed by atoms with van der Waals surface area (Å²) in [6.07, 6.45) is 3.31. The Morgan fingerprint density at radius 1 is 1.30 bits per heavy atom. The number of fused-ring (bicyclic) bond motifs is 1. The lowest BCUT2D eigenvalue weighted by Gasteiger charge is -2.10. The number of halogens is 1. The average Bonchev–Trinajstić information content (AvgIpc) is 2.97. The number of furan rings is 1. The third kappa shape index (κ3) is 2.40. The van der Waals surface area contributed by atoms with Crippen molar-refractivity contribution in [1.29, 1.82) is 0 Å². The van der Waals surface area contributed by atoms with Crippen molar-refractivity contribution in [3.05, 3.63) is 47.6 Å². The fourth-order valence-electron chi connectivity index (χ4n) is 1.98. The van der Waals surface area contributed by atoms with Gasteiger partial charge in [0.1, 0.15) is 17.1 Å². The molecule has 0 unspecified atom stereocenters. The van der Waals surface area contributed by atoms with Gasteiger partial charge in [-0.15, -0.1) is 0 Å². The first-order valence-corrected chi connectivity index (χ1v) is 6.41. The van der Waals surface area contributed by atoms with Gasteiger partial charge in [0.05, 0.1) is 19.6 Å². The number of nitrogens with zero attached hydrogens (tertiary/aromatic N) is 2. The predicted molar refractivity (Wildman–Crippen MR) is 77.1 cm³/mol. The van der Waals surface area contributed by atoms with Crippen LogP contribution in [-0.4, -0.2) is 17.1 Å². The minimum atomic E-state index is 0.177. The molecular formula is C14H12ClN3O2. The molecule has 0 radical (unpaired) electrons. The quantitative estimate of drug-likeness (QED) is 0.745. The molecule has 0 saturated heterocycles. The summed E-state index contributed by atoms with van der Waals surface area (Å²) in [5.41, 5.74) is 1.71. The third-order valence-corrected chi connectivity index (χ3v) is 3.09. The number of hydrogen-bond acceptors (Lipinski definition) is 5. The summed E-state index contributed by atoms with van der Waals surface area (Å²) in [7, 11) is 1.60. The summed E-state index contributed by atoms with van der Waals surface area (Å²) in [6.45, 7) is 0.593. The molecule has 102 valence electrons. The molecule has 1 N–H and O–H groups in total. The van der Waals surface area contributed by atoms with E-state index in [0.717, 1.165) is 10.9 Å². The van der Waals surface area contributed by atoms with Crippen LogP contribution in [0.15, 0.2) is 41.2 Å². The lowest BCUT2D eigenvalue weighted by molar-refractivity contribution is 0.419. The van der Waals surface area contributed by atoms with E-state index in [0.29, 0.717) is 23.6 Å². The van der Waals surface area contributed by atoms with E-state index >= 15 is 0 Å². The normalized spacial score (nSPS) is 10.7. The van der Waals surface area contributed by atoms with Crippen molar-refractivity contribution >= 4 is 28.3 Å². The highest BCUT2D eigenvalue weighted by Gasteiger charge is 2.10. The molecule has 0 saturated carbocycles. The fraction of sp³-hybridized carbons (Fsp3) is 0.143. The highest BCUT2D eigenvalue weighted by molar-refractivity contribution is 6.29. The zero-order chi connectivity index (χ0) is 13.9. The molecule has 1 aromatic carbocycles. The molecule has 0 atom stereocenters. The highest BCUT2D eigenvalue weighted by atomic mass is 35.5. The highest BCUT2D eigenvalue weighted by Crippen LogP contribution is 2.29. The monoisotopic (exact) mass is 289 g/mol. The van der Waals surface area contributed by atoms with Gasteiger partial charge < -0.3 is 14.5 Å². The Bertz CT molecular complexity index is 729. The molecule has 0 spiro atoms. The van der Waals surface area contributed by atoms with E-state index in [2.05, 4.69) is 15.3 Å². The van der Waals surface area contributed by atoms with Gasteiger partial charge in [-0.3, -0.25) is 0 Å². The molecule has 2 heterocycles. The van der Waals surface area contributed by atoms with E-state index in [1.165, 1.54) is 0 Å². The maximum atomic E-state index is 5.98. The predicted octanol–water partition coefficient (Wildman–Crippen LogP) is 3.50. The first kappa shape index (κ1) is 12.7. The van der Waals surface area contributed by atoms with Crippen LogP contribution in [0.5, 0.6) is 5.75 Å². The van der Waals surface area contributed by atoms with E-state index in [1.807, 2.05) is 24.3 Å². The number of benzene rings is 1. The second-order valence-electron chi connectivity index (χ2n) is 4.18. The molecule has 0 fully saturated rings. The van der Waals surface area contributed by atoms with Gasteiger partial charge in [0.2, 0.25) is 5.28 Å². The van der Waals surface area contributed by atoms with Gasteiger partial charge in [0.25, 0.3) is 0 Å². The summed E-state index contributed by atoms with van der Waals surface area (Å²) in [6, 6.07) is 7.54. The van der Waals surface area contributed by atoms with Crippen LogP contribution in [0.4, 0.5) is 5.82 Å². The Kier molecular flexibility index (Phi) is 3.43. The van der Waals surface area contributed by atoms with Crippen molar-refractivity contribution in [3.63, 3.8) is 0 Å². The number of rotatable bonds is 4. The first-order valence-electron chi connectivity index (χ1n) is 6.03. The lowest BCUT2D eigenvalue weighted by atomic mass is 10.2. The molecule has 3 rings (SSSR count). The summed E-state index contributed by atoms with van der Waals surface area (Å²) in [5, 5.41) is 4.27. The number of ether oxygens (including phenoxy) is 1. The minimum Gasteiger partial charge on any atom is -0.494 e. The van der Waals surface area contributed by atoms with E-state index in [4.69, 9.17) is 20.8 Å². The van der Waals surface area contributed by atoms with Crippen molar-refractivity contribution in [3.8, 4) is 5.75 Å². The lowest BCUT2D eigenvalue weighted by Crippen LogP contribution is -2.03. The zero-order valence-corrected chi connectivity index (χ0v) is 11.5. The maximum Gasteiger partial charge on any atom is 0.225 e. The van der Waals surface area contributed by atoms with Crippen molar-refractivity contribution in [1.82, 2.24) is 9.97 Å². The third-order valence-electron chi connectivity index (χ3n) is 2.92. The molecule has 20 heavy (non-hydrogen) atoms. The molecule has 2 aromatic heterocycles. The molecule has 3 aromatic rings. The Morgan fingerprint density at radius 2 is 2.20 bits per heavy atom. The smallest absolute Gasteiger partial charge is 0.225 e. The summed E-state index contributed by atoms with van der Waals surface area (Å²) in [4.78, 5) is 8.46. The van der Waals surface area contributed by atoms with Gasteiger partial charge in [0, 0.05) is 17.5 Å². The minimum absolute atomic E-state index is 0.177. The molecule has 0 bridgehead atoms. The van der Waals surface area contributed by atoms with Crippen molar-refractivity contribution in [2.45, 2.75) is 6.54 Å².